The Hall–Kier alpha value is -2.12. The number of benzene rings is 1. The topological polar surface area (TPSA) is 63.6 Å². The molecule has 1 N–H and O–H groups in total. The summed E-state index contributed by atoms with van der Waals surface area (Å²) < 4.78 is 2.28. The molecule has 146 valence electrons. The van der Waals surface area contributed by atoms with Gasteiger partial charge in [0.15, 0.2) is 5.16 Å². The molecule has 4 aromatic rings. The van der Waals surface area contributed by atoms with Crippen LogP contribution in [-0.2, 0) is 6.54 Å². The first-order chi connectivity index (χ1) is 13.3. The van der Waals surface area contributed by atoms with E-state index < -0.39 is 0 Å². The molecule has 5 nitrogen and oxygen atoms in total. The Bertz CT molecular complexity index is 1220. The molecule has 1 atom stereocenters. The number of thioether (sulfide) groups is 1. The second-order valence-electron chi connectivity index (χ2n) is 7.56. The van der Waals surface area contributed by atoms with E-state index in [-0.39, 0.29) is 10.8 Å². The number of aromatic amines is 1. The Morgan fingerprint density at radius 3 is 2.68 bits per heavy atom. The van der Waals surface area contributed by atoms with Crippen LogP contribution in [0.15, 0.2) is 34.2 Å². The Morgan fingerprint density at radius 2 is 1.93 bits per heavy atom. The highest BCUT2D eigenvalue weighted by Crippen LogP contribution is 2.36. The highest BCUT2D eigenvalue weighted by molar-refractivity contribution is 7.99. The molecule has 0 saturated carbocycles. The number of hydrogen-bond donors (Lipinski definition) is 1. The number of fused-ring (bicyclic) bond motifs is 2. The lowest BCUT2D eigenvalue weighted by Crippen LogP contribution is -2.13. The van der Waals surface area contributed by atoms with Gasteiger partial charge in [0.1, 0.15) is 10.7 Å². The first-order valence-corrected chi connectivity index (χ1v) is 11.2. The summed E-state index contributed by atoms with van der Waals surface area (Å²) in [6.45, 7) is 11.4. The number of nitrogens with zero attached hydrogens (tertiary/aromatic N) is 3. The average Bonchev–Trinajstić information content (AvgIpc) is 3.12. The molecule has 4 rings (SSSR count). The number of para-hydroxylation sites is 2. The number of thiophene rings is 1. The molecule has 0 radical (unpaired) electrons. The van der Waals surface area contributed by atoms with Gasteiger partial charge in [-0.15, -0.1) is 11.3 Å². The molecule has 28 heavy (non-hydrogen) atoms. The zero-order valence-corrected chi connectivity index (χ0v) is 18.4. The Labute approximate surface area is 172 Å². The van der Waals surface area contributed by atoms with Gasteiger partial charge >= 0.3 is 0 Å². The fraction of sp³-hybridized carbons (Fsp3) is 0.381. The molecule has 7 heteroatoms. The highest BCUT2D eigenvalue weighted by atomic mass is 32.2. The third kappa shape index (κ3) is 3.37. The summed E-state index contributed by atoms with van der Waals surface area (Å²) in [5, 5.41) is 1.67. The summed E-state index contributed by atoms with van der Waals surface area (Å²) in [4.78, 5) is 27.2. The van der Waals surface area contributed by atoms with Gasteiger partial charge in [-0.25, -0.2) is 9.97 Å². The van der Waals surface area contributed by atoms with Gasteiger partial charge in [0.2, 0.25) is 0 Å². The maximum atomic E-state index is 12.6. The number of aryl methyl sites for hydroxylation is 2. The van der Waals surface area contributed by atoms with E-state index in [1.165, 1.54) is 0 Å². The van der Waals surface area contributed by atoms with E-state index in [2.05, 4.69) is 36.4 Å². The van der Waals surface area contributed by atoms with Crippen molar-refractivity contribution in [1.82, 2.24) is 19.5 Å². The van der Waals surface area contributed by atoms with Crippen LogP contribution >= 0.6 is 23.1 Å². The van der Waals surface area contributed by atoms with Crippen LogP contribution in [0.5, 0.6) is 0 Å². The van der Waals surface area contributed by atoms with Gasteiger partial charge in [-0.1, -0.05) is 37.7 Å². The van der Waals surface area contributed by atoms with Gasteiger partial charge in [-0.05, 0) is 44.4 Å². The van der Waals surface area contributed by atoms with Crippen LogP contribution in [0.1, 0.15) is 42.3 Å². The highest BCUT2D eigenvalue weighted by Gasteiger charge is 2.20. The number of aromatic nitrogens is 4. The molecule has 0 aliphatic carbocycles. The van der Waals surface area contributed by atoms with E-state index in [1.54, 1.807) is 23.1 Å². The van der Waals surface area contributed by atoms with Crippen LogP contribution in [0.25, 0.3) is 21.3 Å². The number of nitrogens with one attached hydrogen (secondary N) is 1. The second-order valence-corrected chi connectivity index (χ2v) is 10.1. The van der Waals surface area contributed by atoms with Crippen molar-refractivity contribution in [2.45, 2.75) is 51.6 Å². The maximum absolute atomic E-state index is 12.6. The minimum absolute atomic E-state index is 0.0115. The molecule has 0 bridgehead atoms. The van der Waals surface area contributed by atoms with Crippen molar-refractivity contribution in [3.8, 4) is 0 Å². The Balaban J connectivity index is 1.73. The SMILES string of the molecule is Cc1sc2nc([C@H](C)Sc3nc4ccccc4n3CC(C)C)[nH]c(=O)c2c1C. The van der Waals surface area contributed by atoms with E-state index in [0.29, 0.717) is 11.7 Å². The lowest BCUT2D eigenvalue weighted by Gasteiger charge is -2.14. The summed E-state index contributed by atoms with van der Waals surface area (Å²) in [6, 6.07) is 8.22. The van der Waals surface area contributed by atoms with E-state index >= 15 is 0 Å². The predicted octanol–water partition coefficient (Wildman–Crippen LogP) is 5.46. The molecule has 0 saturated heterocycles. The Morgan fingerprint density at radius 1 is 1.18 bits per heavy atom. The molecule has 0 aliphatic rings. The van der Waals surface area contributed by atoms with Crippen molar-refractivity contribution >= 4 is 44.3 Å². The van der Waals surface area contributed by atoms with E-state index in [9.17, 15) is 4.79 Å². The van der Waals surface area contributed by atoms with Crippen LogP contribution in [0.2, 0.25) is 0 Å². The van der Waals surface area contributed by atoms with Gasteiger partial charge in [0.05, 0.1) is 21.7 Å². The monoisotopic (exact) mass is 412 g/mol. The van der Waals surface area contributed by atoms with Gasteiger partial charge in [-0.3, -0.25) is 4.79 Å². The summed E-state index contributed by atoms with van der Waals surface area (Å²) in [7, 11) is 0. The van der Waals surface area contributed by atoms with Crippen molar-refractivity contribution in [3.05, 3.63) is 50.9 Å². The lowest BCUT2D eigenvalue weighted by molar-refractivity contribution is 0.504. The second kappa shape index (κ2) is 7.37. The quantitative estimate of drug-likeness (QED) is 0.442. The van der Waals surface area contributed by atoms with Crippen molar-refractivity contribution in [2.75, 3.05) is 0 Å². The summed E-state index contributed by atoms with van der Waals surface area (Å²) in [6.07, 6.45) is 0. The predicted molar refractivity (Wildman–Crippen MR) is 119 cm³/mol. The van der Waals surface area contributed by atoms with E-state index in [1.807, 2.05) is 32.0 Å². The molecular formula is C21H24N4OS2. The van der Waals surface area contributed by atoms with Crippen LogP contribution < -0.4 is 5.56 Å². The molecule has 3 aromatic heterocycles. The smallest absolute Gasteiger partial charge is 0.259 e. The number of imidazole rings is 1. The number of hydrogen-bond acceptors (Lipinski definition) is 5. The third-order valence-electron chi connectivity index (χ3n) is 4.89. The minimum atomic E-state index is -0.0509. The first-order valence-electron chi connectivity index (χ1n) is 9.47. The van der Waals surface area contributed by atoms with Gasteiger partial charge < -0.3 is 9.55 Å². The molecule has 0 aliphatic heterocycles. The minimum Gasteiger partial charge on any atom is -0.319 e. The molecule has 0 fully saturated rings. The molecule has 0 spiro atoms. The molecule has 0 amide bonds. The fourth-order valence-electron chi connectivity index (χ4n) is 3.36. The van der Waals surface area contributed by atoms with Gasteiger partial charge in [0, 0.05) is 11.4 Å². The van der Waals surface area contributed by atoms with Gasteiger partial charge in [-0.2, -0.15) is 0 Å². The molecule has 0 unspecified atom stereocenters. The van der Waals surface area contributed by atoms with Crippen LogP contribution in [0.4, 0.5) is 0 Å². The van der Waals surface area contributed by atoms with Crippen LogP contribution in [0.3, 0.4) is 0 Å². The molecule has 3 heterocycles. The number of rotatable bonds is 5. The van der Waals surface area contributed by atoms with Crippen molar-refractivity contribution < 1.29 is 0 Å². The van der Waals surface area contributed by atoms with Crippen LogP contribution in [-0.4, -0.2) is 19.5 Å². The number of H-pyrrole nitrogens is 1. The largest absolute Gasteiger partial charge is 0.319 e. The zero-order chi connectivity index (χ0) is 20.0. The standard InChI is InChI=1S/C21H24N4OS2/c1-11(2)10-25-16-9-7-6-8-15(16)22-21(25)28-14(5)18-23-19(26)17-12(3)13(4)27-20(17)24-18/h6-9,11,14H,10H2,1-5H3,(H,23,24,26)/t14-/m0/s1. The van der Waals surface area contributed by atoms with Crippen LogP contribution in [0, 0.1) is 19.8 Å². The van der Waals surface area contributed by atoms with Crippen molar-refractivity contribution in [1.29, 1.82) is 0 Å². The van der Waals surface area contributed by atoms with Crippen molar-refractivity contribution in [2.24, 2.45) is 5.92 Å². The maximum Gasteiger partial charge on any atom is 0.259 e. The summed E-state index contributed by atoms with van der Waals surface area (Å²) >= 11 is 3.23. The van der Waals surface area contributed by atoms with Gasteiger partial charge in [0.25, 0.3) is 5.56 Å². The average molecular weight is 413 g/mol. The molecule has 1 aromatic carbocycles. The Kier molecular flexibility index (Phi) is 5.05. The lowest BCUT2D eigenvalue weighted by atomic mass is 10.2. The zero-order valence-electron chi connectivity index (χ0n) is 16.7. The summed E-state index contributed by atoms with van der Waals surface area (Å²) in [5.74, 6) is 1.21. The third-order valence-corrected chi connectivity index (χ3v) is 7.09. The fourth-order valence-corrected chi connectivity index (χ4v) is 5.39. The van der Waals surface area contributed by atoms with E-state index in [4.69, 9.17) is 9.97 Å². The molecular weight excluding hydrogens is 388 g/mol. The summed E-state index contributed by atoms with van der Waals surface area (Å²) in [5.41, 5.74) is 3.12. The van der Waals surface area contributed by atoms with E-state index in [0.717, 1.165) is 43.4 Å². The first kappa shape index (κ1) is 19.2. The van der Waals surface area contributed by atoms with Crippen molar-refractivity contribution in [3.63, 3.8) is 0 Å². The normalized spacial score (nSPS) is 13.1.